The summed E-state index contributed by atoms with van der Waals surface area (Å²) >= 11 is 1.50. The molecule has 1 heterocycles. The Bertz CT molecular complexity index is 645. The van der Waals surface area contributed by atoms with Crippen LogP contribution in [0, 0.1) is 5.82 Å². The first-order valence-corrected chi connectivity index (χ1v) is 7.30. The third-order valence-corrected chi connectivity index (χ3v) is 4.40. The molecular weight excluding hydrogens is 277 g/mol. The maximum Gasteiger partial charge on any atom is 0.257 e. The van der Waals surface area contributed by atoms with Crippen LogP contribution >= 0.6 is 11.3 Å². The van der Waals surface area contributed by atoms with E-state index in [4.69, 9.17) is 5.73 Å². The fourth-order valence-corrected chi connectivity index (χ4v) is 3.29. The van der Waals surface area contributed by atoms with Gasteiger partial charge in [0.15, 0.2) is 5.13 Å². The van der Waals surface area contributed by atoms with E-state index in [1.807, 2.05) is 0 Å². The number of benzene rings is 1. The van der Waals surface area contributed by atoms with Crippen molar-refractivity contribution in [1.82, 2.24) is 4.98 Å². The van der Waals surface area contributed by atoms with Crippen molar-refractivity contribution in [3.8, 4) is 0 Å². The Morgan fingerprint density at radius 1 is 1.35 bits per heavy atom. The molecule has 104 valence electrons. The highest BCUT2D eigenvalue weighted by Gasteiger charge is 2.17. The van der Waals surface area contributed by atoms with Crippen molar-refractivity contribution in [3.05, 3.63) is 40.2 Å². The minimum atomic E-state index is -0.587. The Kier molecular flexibility index (Phi) is 3.40. The number of thiazole rings is 1. The molecule has 0 bridgehead atoms. The summed E-state index contributed by atoms with van der Waals surface area (Å²) < 4.78 is 13.3. The summed E-state index contributed by atoms with van der Waals surface area (Å²) in [6.07, 6.45) is 4.32. The van der Waals surface area contributed by atoms with Crippen molar-refractivity contribution < 1.29 is 9.18 Å². The minimum absolute atomic E-state index is 0.0336. The lowest BCUT2D eigenvalue weighted by Crippen LogP contribution is -2.12. The van der Waals surface area contributed by atoms with Crippen LogP contribution in [0.1, 0.15) is 33.8 Å². The quantitative estimate of drug-likeness (QED) is 0.836. The van der Waals surface area contributed by atoms with E-state index in [0.29, 0.717) is 5.13 Å². The highest BCUT2D eigenvalue weighted by molar-refractivity contribution is 7.15. The normalized spacial score (nSPS) is 13.8. The lowest BCUT2D eigenvalue weighted by Gasteiger charge is -2.06. The van der Waals surface area contributed by atoms with E-state index in [1.54, 1.807) is 0 Å². The lowest BCUT2D eigenvalue weighted by atomic mass is 10.0. The van der Waals surface area contributed by atoms with Gasteiger partial charge in [-0.15, -0.1) is 11.3 Å². The maximum absolute atomic E-state index is 13.3. The van der Waals surface area contributed by atoms with Crippen molar-refractivity contribution in [2.24, 2.45) is 0 Å². The monoisotopic (exact) mass is 291 g/mol. The fraction of sp³-hybridized carbons (Fsp3) is 0.286. The average molecular weight is 291 g/mol. The van der Waals surface area contributed by atoms with Gasteiger partial charge in [0, 0.05) is 10.4 Å². The number of anilines is 2. The van der Waals surface area contributed by atoms with Gasteiger partial charge in [0.25, 0.3) is 5.91 Å². The second-order valence-corrected chi connectivity index (χ2v) is 5.87. The lowest BCUT2D eigenvalue weighted by molar-refractivity contribution is 0.102. The predicted molar refractivity (Wildman–Crippen MR) is 77.5 cm³/mol. The summed E-state index contributed by atoms with van der Waals surface area (Å²) in [4.78, 5) is 17.7. The van der Waals surface area contributed by atoms with Crippen molar-refractivity contribution in [2.45, 2.75) is 25.7 Å². The van der Waals surface area contributed by atoms with Crippen LogP contribution in [0.4, 0.5) is 15.2 Å². The Balaban J connectivity index is 1.78. The first-order chi connectivity index (χ1) is 9.63. The predicted octanol–water partition coefficient (Wildman–Crippen LogP) is 3.00. The molecular formula is C14H14FN3OS. The van der Waals surface area contributed by atoms with Gasteiger partial charge in [-0.25, -0.2) is 9.37 Å². The summed E-state index contributed by atoms with van der Waals surface area (Å²) in [5.41, 5.74) is 6.75. The van der Waals surface area contributed by atoms with Crippen LogP contribution < -0.4 is 11.1 Å². The zero-order valence-corrected chi connectivity index (χ0v) is 11.6. The van der Waals surface area contributed by atoms with Gasteiger partial charge in [-0.1, -0.05) is 0 Å². The van der Waals surface area contributed by atoms with Crippen LogP contribution in [0.15, 0.2) is 18.2 Å². The highest BCUT2D eigenvalue weighted by Crippen LogP contribution is 2.29. The van der Waals surface area contributed by atoms with Crippen molar-refractivity contribution >= 4 is 28.1 Å². The number of nitrogens with zero attached hydrogens (tertiary/aromatic N) is 1. The first kappa shape index (κ1) is 13.1. The average Bonchev–Trinajstić information content (AvgIpc) is 2.83. The zero-order valence-electron chi connectivity index (χ0n) is 10.8. The van der Waals surface area contributed by atoms with Gasteiger partial charge in [0.2, 0.25) is 0 Å². The summed E-state index contributed by atoms with van der Waals surface area (Å²) in [5, 5.41) is 3.31. The molecule has 1 aromatic carbocycles. The minimum Gasteiger partial charge on any atom is -0.396 e. The van der Waals surface area contributed by atoms with Crippen molar-refractivity contribution in [3.63, 3.8) is 0 Å². The number of nitrogen functional groups attached to an aromatic ring is 1. The molecule has 0 spiro atoms. The van der Waals surface area contributed by atoms with Crippen LogP contribution in [0.3, 0.4) is 0 Å². The number of hydrogen-bond donors (Lipinski definition) is 2. The van der Waals surface area contributed by atoms with Gasteiger partial charge in [-0.05, 0) is 43.9 Å². The molecule has 1 amide bonds. The number of carbonyl (C=O) groups excluding carboxylic acids is 1. The number of aromatic nitrogens is 1. The Morgan fingerprint density at radius 2 is 2.15 bits per heavy atom. The highest BCUT2D eigenvalue weighted by atomic mass is 32.1. The van der Waals surface area contributed by atoms with Crippen LogP contribution in [0.5, 0.6) is 0 Å². The SMILES string of the molecule is Nc1ccc(C(=O)Nc2nc3c(s2)CCCC3)cc1F. The molecule has 6 heteroatoms. The van der Waals surface area contributed by atoms with Gasteiger partial charge in [0.05, 0.1) is 11.4 Å². The zero-order chi connectivity index (χ0) is 14.1. The molecule has 0 unspecified atom stereocenters. The van der Waals surface area contributed by atoms with Gasteiger partial charge < -0.3 is 5.73 Å². The van der Waals surface area contributed by atoms with E-state index in [0.717, 1.165) is 31.0 Å². The molecule has 0 aliphatic heterocycles. The second kappa shape index (κ2) is 5.20. The molecule has 3 N–H and O–H groups in total. The topological polar surface area (TPSA) is 68.0 Å². The van der Waals surface area contributed by atoms with Gasteiger partial charge in [-0.3, -0.25) is 10.1 Å². The number of rotatable bonds is 2. The van der Waals surface area contributed by atoms with Gasteiger partial charge in [-0.2, -0.15) is 0 Å². The van der Waals surface area contributed by atoms with E-state index >= 15 is 0 Å². The Labute approximate surface area is 119 Å². The molecule has 0 atom stereocenters. The molecule has 0 saturated heterocycles. The van der Waals surface area contributed by atoms with E-state index in [2.05, 4.69) is 10.3 Å². The van der Waals surface area contributed by atoms with Crippen LogP contribution in [0.2, 0.25) is 0 Å². The number of amides is 1. The number of aryl methyl sites for hydroxylation is 2. The number of nitrogens with one attached hydrogen (secondary N) is 1. The summed E-state index contributed by atoms with van der Waals surface area (Å²) in [7, 11) is 0. The van der Waals surface area contributed by atoms with Crippen molar-refractivity contribution in [1.29, 1.82) is 0 Å². The molecule has 2 aromatic rings. The van der Waals surface area contributed by atoms with Crippen LogP contribution in [-0.4, -0.2) is 10.9 Å². The van der Waals surface area contributed by atoms with Gasteiger partial charge in [0.1, 0.15) is 5.82 Å². The van der Waals surface area contributed by atoms with Gasteiger partial charge >= 0.3 is 0 Å². The number of halogens is 1. The van der Waals surface area contributed by atoms with E-state index in [-0.39, 0.29) is 17.2 Å². The Hall–Kier alpha value is -1.95. The van der Waals surface area contributed by atoms with E-state index in [9.17, 15) is 9.18 Å². The third kappa shape index (κ3) is 2.51. The summed E-state index contributed by atoms with van der Waals surface area (Å²) in [5.74, 6) is -0.953. The number of hydrogen-bond acceptors (Lipinski definition) is 4. The second-order valence-electron chi connectivity index (χ2n) is 4.79. The summed E-state index contributed by atoms with van der Waals surface area (Å²) in [6.45, 7) is 0. The number of carbonyl (C=O) groups is 1. The molecule has 3 rings (SSSR count). The fourth-order valence-electron chi connectivity index (χ4n) is 2.24. The number of nitrogens with two attached hydrogens (primary N) is 1. The summed E-state index contributed by atoms with van der Waals surface area (Å²) in [6, 6.07) is 4.02. The van der Waals surface area contributed by atoms with Crippen LogP contribution in [-0.2, 0) is 12.8 Å². The standard InChI is InChI=1S/C14H14FN3OS/c15-9-7-8(5-6-10(9)16)13(19)18-14-17-11-3-1-2-4-12(11)20-14/h5-7H,1-4,16H2,(H,17,18,19). The maximum atomic E-state index is 13.3. The molecule has 1 aromatic heterocycles. The third-order valence-electron chi connectivity index (χ3n) is 3.33. The first-order valence-electron chi connectivity index (χ1n) is 6.48. The van der Waals surface area contributed by atoms with Crippen LogP contribution in [0.25, 0.3) is 0 Å². The van der Waals surface area contributed by atoms with E-state index < -0.39 is 5.82 Å². The molecule has 20 heavy (non-hydrogen) atoms. The van der Waals surface area contributed by atoms with Crippen molar-refractivity contribution in [2.75, 3.05) is 11.1 Å². The molecule has 1 aliphatic rings. The molecule has 0 fully saturated rings. The molecule has 0 saturated carbocycles. The Morgan fingerprint density at radius 3 is 2.90 bits per heavy atom. The van der Waals surface area contributed by atoms with E-state index in [1.165, 1.54) is 34.8 Å². The molecule has 0 radical (unpaired) electrons. The molecule has 4 nitrogen and oxygen atoms in total. The smallest absolute Gasteiger partial charge is 0.257 e. The largest absolute Gasteiger partial charge is 0.396 e. The number of fused-ring (bicyclic) bond motifs is 1. The molecule has 1 aliphatic carbocycles.